The van der Waals surface area contributed by atoms with E-state index in [9.17, 15) is 13.9 Å². The molecule has 2 atom stereocenters. The van der Waals surface area contributed by atoms with Crippen LogP contribution in [0.1, 0.15) is 23.6 Å². The minimum absolute atomic E-state index is 0.224. The lowest BCUT2D eigenvalue weighted by molar-refractivity contribution is 0.194. The van der Waals surface area contributed by atoms with E-state index >= 15 is 0 Å². The van der Waals surface area contributed by atoms with Crippen LogP contribution < -0.4 is 4.90 Å². The number of hydrogen-bond donors (Lipinski definition) is 1. The fourth-order valence-corrected chi connectivity index (χ4v) is 2.86. The number of hydrogen-bond acceptors (Lipinski definition) is 3. The highest BCUT2D eigenvalue weighted by molar-refractivity contribution is 5.53. The molecule has 0 saturated carbocycles. The van der Waals surface area contributed by atoms with Crippen LogP contribution in [0.4, 0.5) is 14.5 Å². The van der Waals surface area contributed by atoms with Gasteiger partial charge in [-0.15, -0.1) is 0 Å². The molecule has 0 aliphatic carbocycles. The first kappa shape index (κ1) is 14.5. The maximum absolute atomic E-state index is 13.5. The van der Waals surface area contributed by atoms with E-state index in [1.807, 2.05) is 4.90 Å². The third kappa shape index (κ3) is 2.66. The zero-order valence-corrected chi connectivity index (χ0v) is 11.7. The van der Waals surface area contributed by atoms with E-state index in [-0.39, 0.29) is 6.04 Å². The number of β-amino-alcohol motifs (C(OH)–C–C–N with tert-alkyl or cyclic N) is 1. The Bertz CT molecular complexity index is 724. The summed E-state index contributed by atoms with van der Waals surface area (Å²) in [5.41, 5.74) is 2.01. The second kappa shape index (κ2) is 5.74. The Hall–Kier alpha value is -2.45. The van der Waals surface area contributed by atoms with Crippen molar-refractivity contribution in [1.29, 1.82) is 5.26 Å². The van der Waals surface area contributed by atoms with Crippen molar-refractivity contribution in [1.82, 2.24) is 0 Å². The fraction of sp³-hybridized carbons (Fsp3) is 0.235. The average molecular weight is 300 g/mol. The van der Waals surface area contributed by atoms with Crippen LogP contribution in [0.5, 0.6) is 0 Å². The molecule has 1 fully saturated rings. The molecule has 112 valence electrons. The summed E-state index contributed by atoms with van der Waals surface area (Å²) in [7, 11) is 0. The van der Waals surface area contributed by atoms with Crippen LogP contribution in [0.15, 0.2) is 42.5 Å². The molecule has 0 radical (unpaired) electrons. The van der Waals surface area contributed by atoms with Crippen molar-refractivity contribution in [2.24, 2.45) is 0 Å². The summed E-state index contributed by atoms with van der Waals surface area (Å²) in [5, 5.41) is 18.8. The maximum atomic E-state index is 13.5. The quantitative estimate of drug-likeness (QED) is 0.927. The predicted molar refractivity (Wildman–Crippen MR) is 78.2 cm³/mol. The van der Waals surface area contributed by atoms with Crippen LogP contribution in [0.25, 0.3) is 0 Å². The summed E-state index contributed by atoms with van der Waals surface area (Å²) in [4.78, 5) is 1.94. The first-order valence-corrected chi connectivity index (χ1v) is 6.98. The molecule has 1 saturated heterocycles. The lowest BCUT2D eigenvalue weighted by Crippen LogP contribution is -2.24. The van der Waals surface area contributed by atoms with Crippen molar-refractivity contribution in [3.8, 4) is 6.07 Å². The van der Waals surface area contributed by atoms with Gasteiger partial charge in [0.05, 0.1) is 23.8 Å². The topological polar surface area (TPSA) is 47.3 Å². The highest BCUT2D eigenvalue weighted by atomic mass is 19.2. The van der Waals surface area contributed by atoms with E-state index in [2.05, 4.69) is 6.07 Å². The van der Waals surface area contributed by atoms with Crippen molar-refractivity contribution in [2.75, 3.05) is 11.4 Å². The van der Waals surface area contributed by atoms with Crippen LogP contribution in [0, 0.1) is 23.0 Å². The second-order valence-corrected chi connectivity index (χ2v) is 5.39. The van der Waals surface area contributed by atoms with Crippen LogP contribution in [-0.2, 0) is 0 Å². The van der Waals surface area contributed by atoms with E-state index in [1.165, 1.54) is 12.1 Å². The Balaban J connectivity index is 1.94. The zero-order chi connectivity index (χ0) is 15.7. The van der Waals surface area contributed by atoms with Crippen LogP contribution in [-0.4, -0.2) is 17.8 Å². The highest BCUT2D eigenvalue weighted by Crippen LogP contribution is 2.36. The molecule has 2 aromatic rings. The third-order valence-electron chi connectivity index (χ3n) is 3.94. The Labute approximate surface area is 127 Å². The number of nitrogens with zero attached hydrogens (tertiary/aromatic N) is 2. The first-order valence-electron chi connectivity index (χ1n) is 6.98. The van der Waals surface area contributed by atoms with Crippen LogP contribution in [0.3, 0.4) is 0 Å². The summed E-state index contributed by atoms with van der Waals surface area (Å²) in [6.45, 7) is 0.412. The monoisotopic (exact) mass is 300 g/mol. The molecule has 1 aliphatic heterocycles. The number of aliphatic hydroxyl groups excluding tert-OH is 1. The molecule has 0 aromatic heterocycles. The summed E-state index contributed by atoms with van der Waals surface area (Å²) < 4.78 is 26.6. The van der Waals surface area contributed by atoms with Gasteiger partial charge >= 0.3 is 0 Å². The van der Waals surface area contributed by atoms with Gasteiger partial charge in [0, 0.05) is 12.2 Å². The highest BCUT2D eigenvalue weighted by Gasteiger charge is 2.32. The van der Waals surface area contributed by atoms with Crippen molar-refractivity contribution >= 4 is 5.69 Å². The van der Waals surface area contributed by atoms with E-state index in [0.29, 0.717) is 24.1 Å². The molecular formula is C17H14F2N2O. The number of rotatable bonds is 2. The Morgan fingerprint density at radius 1 is 1.09 bits per heavy atom. The first-order chi connectivity index (χ1) is 10.6. The Kier molecular flexibility index (Phi) is 3.78. The molecule has 0 amide bonds. The van der Waals surface area contributed by atoms with Gasteiger partial charge in [0.1, 0.15) is 0 Å². The molecule has 2 aromatic carbocycles. The van der Waals surface area contributed by atoms with Crippen molar-refractivity contribution < 1.29 is 13.9 Å². The zero-order valence-electron chi connectivity index (χ0n) is 11.7. The number of anilines is 1. The smallest absolute Gasteiger partial charge is 0.159 e. The largest absolute Gasteiger partial charge is 0.391 e. The van der Waals surface area contributed by atoms with Gasteiger partial charge < -0.3 is 10.0 Å². The SMILES string of the molecule is N#Cc1ccc(N2CC(O)CC2c2ccc(F)c(F)c2)cc1. The Morgan fingerprint density at radius 3 is 2.45 bits per heavy atom. The standard InChI is InChI=1S/C17H14F2N2O/c18-15-6-3-12(7-16(15)19)17-8-14(22)10-21(17)13-4-1-11(9-20)2-5-13/h1-7,14,17,22H,8,10H2. The summed E-state index contributed by atoms with van der Waals surface area (Å²) >= 11 is 0. The van der Waals surface area contributed by atoms with Gasteiger partial charge in [-0.1, -0.05) is 6.07 Å². The van der Waals surface area contributed by atoms with Gasteiger partial charge in [0.2, 0.25) is 0 Å². The van der Waals surface area contributed by atoms with Gasteiger partial charge in [0.15, 0.2) is 11.6 Å². The second-order valence-electron chi connectivity index (χ2n) is 5.39. The molecule has 3 nitrogen and oxygen atoms in total. The van der Waals surface area contributed by atoms with Crippen molar-refractivity contribution in [3.63, 3.8) is 0 Å². The molecular weight excluding hydrogens is 286 g/mol. The number of benzene rings is 2. The van der Waals surface area contributed by atoms with E-state index < -0.39 is 17.7 Å². The predicted octanol–water partition coefficient (Wildman–Crippen LogP) is 3.15. The van der Waals surface area contributed by atoms with E-state index in [1.54, 1.807) is 24.3 Å². The van der Waals surface area contributed by atoms with Crippen LogP contribution >= 0.6 is 0 Å². The van der Waals surface area contributed by atoms with E-state index in [0.717, 1.165) is 11.8 Å². The summed E-state index contributed by atoms with van der Waals surface area (Å²) in [5.74, 6) is -1.77. The minimum Gasteiger partial charge on any atom is -0.391 e. The minimum atomic E-state index is -0.890. The van der Waals surface area contributed by atoms with Crippen molar-refractivity contribution in [2.45, 2.75) is 18.6 Å². The molecule has 22 heavy (non-hydrogen) atoms. The number of halogens is 2. The van der Waals surface area contributed by atoms with Gasteiger partial charge in [0.25, 0.3) is 0 Å². The molecule has 2 unspecified atom stereocenters. The third-order valence-corrected chi connectivity index (χ3v) is 3.94. The molecule has 3 rings (SSSR count). The molecule has 0 spiro atoms. The van der Waals surface area contributed by atoms with Gasteiger partial charge in [-0.25, -0.2) is 8.78 Å². The summed E-state index contributed by atoms with van der Waals surface area (Å²) in [6, 6.07) is 12.6. The van der Waals surface area contributed by atoms with Gasteiger partial charge in [-0.3, -0.25) is 0 Å². The lowest BCUT2D eigenvalue weighted by atomic mass is 10.0. The molecule has 1 N–H and O–H groups in total. The molecule has 1 aliphatic rings. The van der Waals surface area contributed by atoms with Crippen molar-refractivity contribution in [3.05, 3.63) is 65.2 Å². The average Bonchev–Trinajstić information content (AvgIpc) is 2.92. The fourth-order valence-electron chi connectivity index (χ4n) is 2.86. The summed E-state index contributed by atoms with van der Waals surface area (Å²) in [6.07, 6.45) is -0.0841. The maximum Gasteiger partial charge on any atom is 0.159 e. The van der Waals surface area contributed by atoms with Gasteiger partial charge in [-0.2, -0.15) is 5.26 Å². The lowest BCUT2D eigenvalue weighted by Gasteiger charge is -2.27. The van der Waals surface area contributed by atoms with E-state index in [4.69, 9.17) is 5.26 Å². The molecule has 5 heteroatoms. The number of nitriles is 1. The normalized spacial score (nSPS) is 20.9. The van der Waals surface area contributed by atoms with Crippen LogP contribution in [0.2, 0.25) is 0 Å². The Morgan fingerprint density at radius 2 is 1.82 bits per heavy atom. The molecule has 0 bridgehead atoms. The molecule has 1 heterocycles. The number of aliphatic hydroxyl groups is 1. The van der Waals surface area contributed by atoms with Gasteiger partial charge in [-0.05, 0) is 48.4 Å².